The first-order chi connectivity index (χ1) is 12.6. The molecular weight excluding hydrogens is 404 g/mol. The zero-order chi connectivity index (χ0) is 19.8. The van der Waals surface area contributed by atoms with E-state index in [1.54, 1.807) is 12.1 Å². The summed E-state index contributed by atoms with van der Waals surface area (Å²) >= 11 is 12.0. The fourth-order valence-electron chi connectivity index (χ4n) is 2.58. The van der Waals surface area contributed by atoms with Crippen molar-refractivity contribution in [2.75, 3.05) is 0 Å². The Hall–Kier alpha value is -2.51. The van der Waals surface area contributed by atoms with Crippen LogP contribution in [0.4, 0.5) is 13.2 Å². The van der Waals surface area contributed by atoms with Crippen LogP contribution in [0, 0.1) is 0 Å². The third kappa shape index (κ3) is 4.26. The molecule has 0 saturated carbocycles. The van der Waals surface area contributed by atoms with Crippen LogP contribution in [-0.4, -0.2) is 20.9 Å². The number of hydrogen-bond acceptors (Lipinski definition) is 2. The molecule has 1 heterocycles. The molecule has 0 amide bonds. The lowest BCUT2D eigenvalue weighted by atomic mass is 10.1. The summed E-state index contributed by atoms with van der Waals surface area (Å²) in [7, 11) is 0. The van der Waals surface area contributed by atoms with Crippen molar-refractivity contribution in [2.45, 2.75) is 12.7 Å². The number of rotatable bonds is 4. The van der Waals surface area contributed by atoms with Crippen LogP contribution in [0.25, 0.3) is 17.0 Å². The predicted octanol–water partition coefficient (Wildman–Crippen LogP) is 5.51. The van der Waals surface area contributed by atoms with Crippen molar-refractivity contribution in [3.05, 3.63) is 69.3 Å². The topological polar surface area (TPSA) is 55.1 Å². The lowest BCUT2D eigenvalue weighted by Crippen LogP contribution is -2.06. The molecule has 0 saturated heterocycles. The molecule has 0 aliphatic rings. The van der Waals surface area contributed by atoms with E-state index in [4.69, 9.17) is 28.3 Å². The number of fused-ring (bicyclic) bond motifs is 1. The van der Waals surface area contributed by atoms with Gasteiger partial charge in [-0.15, -0.1) is 0 Å². The fourth-order valence-corrected chi connectivity index (χ4v) is 3.05. The number of hydrogen-bond donors (Lipinski definition) is 1. The molecule has 0 aliphatic heterocycles. The Morgan fingerprint density at radius 3 is 2.56 bits per heavy atom. The summed E-state index contributed by atoms with van der Waals surface area (Å²) in [5.74, 6) is -1.19. The molecule has 3 rings (SSSR count). The average molecular weight is 415 g/mol. The van der Waals surface area contributed by atoms with Gasteiger partial charge in [-0.2, -0.15) is 18.3 Å². The van der Waals surface area contributed by atoms with E-state index in [1.807, 2.05) is 0 Å². The van der Waals surface area contributed by atoms with E-state index in [0.717, 1.165) is 18.2 Å². The van der Waals surface area contributed by atoms with E-state index in [-0.39, 0.29) is 17.8 Å². The Kier molecular flexibility index (Phi) is 5.17. The SMILES string of the molecule is O=C(O)/C=C\c1nn(Cc2ccc(Cl)cc2Cl)c2cc(C(F)(F)F)ccc12. The summed E-state index contributed by atoms with van der Waals surface area (Å²) in [6.45, 7) is 0.0920. The van der Waals surface area contributed by atoms with Gasteiger partial charge in [0.1, 0.15) is 0 Å². The number of halogens is 5. The highest BCUT2D eigenvalue weighted by Crippen LogP contribution is 2.33. The number of carbonyl (C=O) groups is 1. The highest BCUT2D eigenvalue weighted by molar-refractivity contribution is 6.35. The van der Waals surface area contributed by atoms with E-state index >= 15 is 0 Å². The van der Waals surface area contributed by atoms with Crippen molar-refractivity contribution in [3.8, 4) is 0 Å². The maximum Gasteiger partial charge on any atom is 0.416 e. The smallest absolute Gasteiger partial charge is 0.416 e. The normalized spacial score (nSPS) is 12.2. The number of carboxylic acids is 1. The number of alkyl halides is 3. The van der Waals surface area contributed by atoms with E-state index < -0.39 is 17.7 Å². The third-order valence-electron chi connectivity index (χ3n) is 3.83. The van der Waals surface area contributed by atoms with Crippen molar-refractivity contribution in [2.24, 2.45) is 0 Å². The van der Waals surface area contributed by atoms with Crippen molar-refractivity contribution in [1.82, 2.24) is 9.78 Å². The first-order valence-corrected chi connectivity index (χ1v) is 8.33. The lowest BCUT2D eigenvalue weighted by molar-refractivity contribution is -0.137. The van der Waals surface area contributed by atoms with Gasteiger partial charge >= 0.3 is 12.1 Å². The van der Waals surface area contributed by atoms with Crippen molar-refractivity contribution < 1.29 is 23.1 Å². The van der Waals surface area contributed by atoms with Crippen molar-refractivity contribution in [1.29, 1.82) is 0 Å². The Bertz CT molecular complexity index is 1060. The van der Waals surface area contributed by atoms with Crippen molar-refractivity contribution >= 4 is 46.2 Å². The van der Waals surface area contributed by atoms with Gasteiger partial charge in [-0.25, -0.2) is 4.79 Å². The lowest BCUT2D eigenvalue weighted by Gasteiger charge is -2.09. The molecule has 2 aromatic carbocycles. The molecule has 4 nitrogen and oxygen atoms in total. The molecular formula is C18H11Cl2F3N2O2. The Morgan fingerprint density at radius 1 is 1.19 bits per heavy atom. The monoisotopic (exact) mass is 414 g/mol. The molecule has 0 spiro atoms. The molecule has 27 heavy (non-hydrogen) atoms. The summed E-state index contributed by atoms with van der Waals surface area (Å²) in [6.07, 6.45) is -2.41. The standard InChI is InChI=1S/C18H11Cl2F3N2O2/c19-12-3-1-10(14(20)8-12)9-25-16-7-11(18(21,22)23)2-4-13(16)15(24-25)5-6-17(26)27/h1-8H,9H2,(H,26,27)/b6-5-. The minimum atomic E-state index is -4.52. The number of aliphatic carboxylic acids is 1. The van der Waals surface area contributed by atoms with Crippen LogP contribution in [0.3, 0.4) is 0 Å². The van der Waals surface area contributed by atoms with Crippen LogP contribution in [0.2, 0.25) is 10.0 Å². The van der Waals surface area contributed by atoms with Gasteiger partial charge in [-0.05, 0) is 42.0 Å². The second-order valence-corrected chi connectivity index (χ2v) is 6.52. The summed E-state index contributed by atoms with van der Waals surface area (Å²) in [4.78, 5) is 10.8. The minimum Gasteiger partial charge on any atom is -0.478 e. The quantitative estimate of drug-likeness (QED) is 0.572. The second kappa shape index (κ2) is 7.25. The van der Waals surface area contributed by atoms with Crippen LogP contribution in [0.5, 0.6) is 0 Å². The predicted molar refractivity (Wildman–Crippen MR) is 97.0 cm³/mol. The molecule has 1 aromatic heterocycles. The van der Waals surface area contributed by atoms with Crippen LogP contribution >= 0.6 is 23.2 Å². The molecule has 140 valence electrons. The van der Waals surface area contributed by atoms with E-state index in [1.165, 1.54) is 22.9 Å². The maximum atomic E-state index is 13.1. The highest BCUT2D eigenvalue weighted by Gasteiger charge is 2.31. The van der Waals surface area contributed by atoms with Gasteiger partial charge < -0.3 is 5.11 Å². The third-order valence-corrected chi connectivity index (χ3v) is 4.41. The summed E-state index contributed by atoms with van der Waals surface area (Å²) in [5, 5.41) is 14.2. The summed E-state index contributed by atoms with van der Waals surface area (Å²) in [5.41, 5.74) is 0.232. The largest absolute Gasteiger partial charge is 0.478 e. The molecule has 3 aromatic rings. The van der Waals surface area contributed by atoms with Crippen LogP contribution < -0.4 is 0 Å². The second-order valence-electron chi connectivity index (χ2n) is 5.68. The van der Waals surface area contributed by atoms with Gasteiger partial charge in [0.2, 0.25) is 0 Å². The molecule has 1 N–H and O–H groups in total. The summed E-state index contributed by atoms with van der Waals surface area (Å²) in [6, 6.07) is 7.97. The van der Waals surface area contributed by atoms with Gasteiger partial charge in [0.25, 0.3) is 0 Å². The molecule has 0 radical (unpaired) electrons. The number of aromatic nitrogens is 2. The van der Waals surface area contributed by atoms with E-state index in [2.05, 4.69) is 5.10 Å². The first kappa shape index (κ1) is 19.3. The van der Waals surface area contributed by atoms with Gasteiger partial charge in [0.05, 0.1) is 23.3 Å². The van der Waals surface area contributed by atoms with Crippen LogP contribution in [-0.2, 0) is 17.5 Å². The Morgan fingerprint density at radius 2 is 1.93 bits per heavy atom. The van der Waals surface area contributed by atoms with Crippen LogP contribution in [0.1, 0.15) is 16.8 Å². The molecule has 0 fully saturated rings. The first-order valence-electron chi connectivity index (χ1n) is 7.58. The zero-order valence-electron chi connectivity index (χ0n) is 13.5. The fraction of sp³-hybridized carbons (Fsp3) is 0.111. The molecule has 9 heteroatoms. The minimum absolute atomic E-state index is 0.0920. The Balaban J connectivity index is 2.15. The summed E-state index contributed by atoms with van der Waals surface area (Å²) < 4.78 is 40.6. The van der Waals surface area contributed by atoms with E-state index in [9.17, 15) is 18.0 Å². The molecule has 0 aliphatic carbocycles. The number of benzene rings is 2. The zero-order valence-corrected chi connectivity index (χ0v) is 15.0. The molecule has 0 atom stereocenters. The van der Waals surface area contributed by atoms with Gasteiger partial charge in [0.15, 0.2) is 0 Å². The van der Waals surface area contributed by atoms with E-state index in [0.29, 0.717) is 21.0 Å². The van der Waals surface area contributed by atoms with Crippen LogP contribution in [0.15, 0.2) is 42.5 Å². The molecule has 0 bridgehead atoms. The average Bonchev–Trinajstić information content (AvgIpc) is 2.92. The Labute approximate surface area is 161 Å². The van der Waals surface area contributed by atoms with Gasteiger partial charge in [-0.1, -0.05) is 29.3 Å². The molecule has 0 unspecified atom stereocenters. The van der Waals surface area contributed by atoms with Gasteiger partial charge in [-0.3, -0.25) is 4.68 Å². The maximum absolute atomic E-state index is 13.1. The van der Waals surface area contributed by atoms with Gasteiger partial charge in [0, 0.05) is 21.5 Å². The number of carboxylic acid groups (broad SMARTS) is 1. The number of nitrogens with zero attached hydrogens (tertiary/aromatic N) is 2. The highest BCUT2D eigenvalue weighted by atomic mass is 35.5. The van der Waals surface area contributed by atoms with Crippen molar-refractivity contribution in [3.63, 3.8) is 0 Å².